The third-order valence-corrected chi connectivity index (χ3v) is 2.19. The molecule has 0 aliphatic heterocycles. The molecule has 0 aromatic heterocycles. The van der Waals surface area contributed by atoms with Crippen LogP contribution in [-0.2, 0) is 16.1 Å². The van der Waals surface area contributed by atoms with Crippen molar-refractivity contribution in [2.24, 2.45) is 0 Å². The fraction of sp³-hybridized carbons (Fsp3) is 0.333. The topological polar surface area (TPSA) is 75.6 Å². The number of rotatable bonds is 6. The third-order valence-electron chi connectivity index (χ3n) is 2.19. The molecule has 20 heavy (non-hydrogen) atoms. The van der Waals surface area contributed by atoms with Crippen molar-refractivity contribution in [3.63, 3.8) is 0 Å². The lowest BCUT2D eigenvalue weighted by Crippen LogP contribution is -2.29. The first-order valence-electron chi connectivity index (χ1n) is 5.51. The zero-order valence-electron chi connectivity index (χ0n) is 10.2. The summed E-state index contributed by atoms with van der Waals surface area (Å²) in [6.45, 7) is -2.09. The van der Waals surface area contributed by atoms with E-state index in [1.54, 1.807) is 0 Å². The number of nitrogens with one attached hydrogen (secondary N) is 1. The van der Waals surface area contributed by atoms with E-state index in [0.717, 1.165) is 0 Å². The monoisotopic (exact) mass is 291 g/mol. The van der Waals surface area contributed by atoms with Crippen LogP contribution in [0.25, 0.3) is 0 Å². The number of halogens is 3. The van der Waals surface area contributed by atoms with E-state index in [1.807, 2.05) is 0 Å². The predicted molar refractivity (Wildman–Crippen MR) is 62.1 cm³/mol. The second-order valence-electron chi connectivity index (χ2n) is 3.89. The van der Waals surface area contributed by atoms with Crippen molar-refractivity contribution in [3.05, 3.63) is 35.4 Å². The van der Waals surface area contributed by atoms with Gasteiger partial charge in [0.25, 0.3) is 0 Å². The maximum absolute atomic E-state index is 11.8. The Morgan fingerprint density at radius 1 is 1.20 bits per heavy atom. The van der Waals surface area contributed by atoms with Crippen LogP contribution in [0.4, 0.5) is 13.2 Å². The van der Waals surface area contributed by atoms with Crippen LogP contribution in [0.1, 0.15) is 15.9 Å². The Hall–Kier alpha value is -2.09. The van der Waals surface area contributed by atoms with Gasteiger partial charge in [-0.25, -0.2) is 4.79 Å². The first-order chi connectivity index (χ1) is 9.28. The van der Waals surface area contributed by atoms with E-state index < -0.39 is 31.3 Å². The van der Waals surface area contributed by atoms with E-state index >= 15 is 0 Å². The molecule has 0 heterocycles. The summed E-state index contributed by atoms with van der Waals surface area (Å²) in [6.07, 6.45) is -4.47. The minimum Gasteiger partial charge on any atom is -0.478 e. The average Bonchev–Trinajstić information content (AvgIpc) is 2.35. The molecule has 0 saturated heterocycles. The van der Waals surface area contributed by atoms with Gasteiger partial charge in [0.1, 0.15) is 13.2 Å². The van der Waals surface area contributed by atoms with Crippen LogP contribution in [0.2, 0.25) is 0 Å². The SMILES string of the molecule is O=C(COCC(F)(F)F)NCc1ccc(C(=O)O)cc1. The number of benzene rings is 1. The minimum atomic E-state index is -4.47. The molecule has 0 radical (unpaired) electrons. The molecule has 1 aromatic rings. The number of hydrogen-bond acceptors (Lipinski definition) is 3. The van der Waals surface area contributed by atoms with Crippen molar-refractivity contribution in [3.8, 4) is 0 Å². The molecule has 0 fully saturated rings. The molecule has 0 spiro atoms. The largest absolute Gasteiger partial charge is 0.478 e. The number of alkyl halides is 3. The highest BCUT2D eigenvalue weighted by Gasteiger charge is 2.27. The Balaban J connectivity index is 2.32. The van der Waals surface area contributed by atoms with Crippen LogP contribution in [0.15, 0.2) is 24.3 Å². The molecule has 110 valence electrons. The zero-order valence-corrected chi connectivity index (χ0v) is 10.2. The Kier molecular flexibility index (Phi) is 5.51. The maximum atomic E-state index is 11.8. The summed E-state index contributed by atoms with van der Waals surface area (Å²) in [7, 11) is 0. The van der Waals surface area contributed by atoms with Crippen LogP contribution < -0.4 is 5.32 Å². The zero-order chi connectivity index (χ0) is 15.2. The summed E-state index contributed by atoms with van der Waals surface area (Å²) in [5.74, 6) is -1.75. The summed E-state index contributed by atoms with van der Waals surface area (Å²) in [5, 5.41) is 11.0. The molecule has 2 N–H and O–H groups in total. The van der Waals surface area contributed by atoms with Gasteiger partial charge in [0.15, 0.2) is 0 Å². The van der Waals surface area contributed by atoms with E-state index in [2.05, 4.69) is 10.1 Å². The summed E-state index contributed by atoms with van der Waals surface area (Å²) in [5.41, 5.74) is 0.729. The van der Waals surface area contributed by atoms with E-state index in [9.17, 15) is 22.8 Å². The van der Waals surface area contributed by atoms with E-state index in [-0.39, 0.29) is 12.1 Å². The summed E-state index contributed by atoms with van der Waals surface area (Å²) < 4.78 is 39.4. The lowest BCUT2D eigenvalue weighted by atomic mass is 10.1. The highest BCUT2D eigenvalue weighted by Crippen LogP contribution is 2.14. The number of carboxylic acid groups (broad SMARTS) is 1. The molecule has 0 aliphatic rings. The highest BCUT2D eigenvalue weighted by atomic mass is 19.4. The summed E-state index contributed by atoms with van der Waals surface area (Å²) >= 11 is 0. The lowest BCUT2D eigenvalue weighted by molar-refractivity contribution is -0.175. The number of carbonyl (C=O) groups excluding carboxylic acids is 1. The number of amides is 1. The van der Waals surface area contributed by atoms with Crippen molar-refractivity contribution in [2.75, 3.05) is 13.2 Å². The standard InChI is InChI=1S/C12H12F3NO4/c13-12(14,15)7-20-6-10(17)16-5-8-1-3-9(4-2-8)11(18)19/h1-4H,5-7H2,(H,16,17)(H,18,19). The maximum Gasteiger partial charge on any atom is 0.411 e. The smallest absolute Gasteiger partial charge is 0.411 e. The Morgan fingerprint density at radius 3 is 2.30 bits per heavy atom. The summed E-state index contributed by atoms with van der Waals surface area (Å²) in [6, 6.07) is 5.73. The molecule has 0 bridgehead atoms. The normalized spacial score (nSPS) is 11.2. The number of carboxylic acids is 1. The molecular weight excluding hydrogens is 279 g/mol. The molecule has 0 unspecified atom stereocenters. The van der Waals surface area contributed by atoms with Crippen molar-refractivity contribution in [1.82, 2.24) is 5.32 Å². The van der Waals surface area contributed by atoms with E-state index in [0.29, 0.717) is 5.56 Å². The highest BCUT2D eigenvalue weighted by molar-refractivity contribution is 5.87. The predicted octanol–water partition coefficient (Wildman–Crippen LogP) is 1.58. The molecule has 0 aliphatic carbocycles. The second-order valence-corrected chi connectivity index (χ2v) is 3.89. The third kappa shape index (κ3) is 6.19. The average molecular weight is 291 g/mol. The number of aromatic carboxylic acids is 1. The van der Waals surface area contributed by atoms with Gasteiger partial charge in [0.2, 0.25) is 5.91 Å². The number of hydrogen-bond donors (Lipinski definition) is 2. The molecule has 0 atom stereocenters. The fourth-order valence-electron chi connectivity index (χ4n) is 1.28. The molecule has 1 amide bonds. The Morgan fingerprint density at radius 2 is 1.80 bits per heavy atom. The van der Waals surface area contributed by atoms with Crippen molar-refractivity contribution < 1.29 is 32.6 Å². The van der Waals surface area contributed by atoms with E-state index in [4.69, 9.17) is 5.11 Å². The van der Waals surface area contributed by atoms with Crippen molar-refractivity contribution >= 4 is 11.9 Å². The van der Waals surface area contributed by atoms with Gasteiger partial charge >= 0.3 is 12.1 Å². The van der Waals surface area contributed by atoms with Gasteiger partial charge in [0, 0.05) is 6.54 Å². The first-order valence-corrected chi connectivity index (χ1v) is 5.51. The number of ether oxygens (including phenoxy) is 1. The summed E-state index contributed by atoms with van der Waals surface area (Å²) in [4.78, 5) is 21.8. The lowest BCUT2D eigenvalue weighted by Gasteiger charge is -2.08. The number of carbonyl (C=O) groups is 2. The van der Waals surface area contributed by atoms with Gasteiger partial charge in [-0.05, 0) is 17.7 Å². The second kappa shape index (κ2) is 6.90. The van der Waals surface area contributed by atoms with Crippen LogP contribution in [0, 0.1) is 0 Å². The fourth-order valence-corrected chi connectivity index (χ4v) is 1.28. The van der Waals surface area contributed by atoms with Crippen LogP contribution >= 0.6 is 0 Å². The van der Waals surface area contributed by atoms with Crippen LogP contribution in [0.3, 0.4) is 0 Å². The quantitative estimate of drug-likeness (QED) is 0.834. The first kappa shape index (κ1) is 16.0. The molecule has 0 saturated carbocycles. The molecule has 1 aromatic carbocycles. The van der Waals surface area contributed by atoms with Gasteiger partial charge in [-0.2, -0.15) is 13.2 Å². The Bertz CT molecular complexity index is 471. The van der Waals surface area contributed by atoms with Gasteiger partial charge < -0.3 is 15.2 Å². The molecular formula is C12H12F3NO4. The minimum absolute atomic E-state index is 0.0775. The van der Waals surface area contributed by atoms with Gasteiger partial charge in [0.05, 0.1) is 5.56 Å². The van der Waals surface area contributed by atoms with Crippen molar-refractivity contribution in [2.45, 2.75) is 12.7 Å². The van der Waals surface area contributed by atoms with Crippen LogP contribution in [-0.4, -0.2) is 36.4 Å². The van der Waals surface area contributed by atoms with Crippen molar-refractivity contribution in [1.29, 1.82) is 0 Å². The van der Waals surface area contributed by atoms with Gasteiger partial charge in [-0.3, -0.25) is 4.79 Å². The molecule has 8 heteroatoms. The van der Waals surface area contributed by atoms with Crippen LogP contribution in [0.5, 0.6) is 0 Å². The molecule has 5 nitrogen and oxygen atoms in total. The van der Waals surface area contributed by atoms with Gasteiger partial charge in [-0.15, -0.1) is 0 Å². The van der Waals surface area contributed by atoms with Gasteiger partial charge in [-0.1, -0.05) is 12.1 Å². The molecule has 1 rings (SSSR count). The Labute approximate surface area is 112 Å². The van der Waals surface area contributed by atoms with E-state index in [1.165, 1.54) is 24.3 Å².